The van der Waals surface area contributed by atoms with E-state index in [1.54, 1.807) is 30.5 Å². The Morgan fingerprint density at radius 2 is 1.75 bits per heavy atom. The smallest absolute Gasteiger partial charge is 0.293 e. The Morgan fingerprint density at radius 3 is 2.50 bits per heavy atom. The van der Waals surface area contributed by atoms with Crippen LogP contribution in [0.25, 0.3) is 11.0 Å². The van der Waals surface area contributed by atoms with E-state index in [9.17, 15) is 32.1 Å². The summed E-state index contributed by atoms with van der Waals surface area (Å²) in [4.78, 5) is 37.3. The first-order valence-corrected chi connectivity index (χ1v) is 24.0. The quantitative estimate of drug-likeness (QED) is 0.0766. The maximum Gasteiger partial charge on any atom is 0.293 e. The number of nitrogens with zero attached hydrogens (tertiary/aromatic N) is 4. The highest BCUT2D eigenvalue weighted by atomic mass is 32.2. The first-order valence-electron chi connectivity index (χ1n) is 22.5. The van der Waals surface area contributed by atoms with Gasteiger partial charge in [0, 0.05) is 74.0 Å². The molecule has 0 radical (unpaired) electrons. The number of anilines is 2. The van der Waals surface area contributed by atoms with Gasteiger partial charge < -0.3 is 19.9 Å². The van der Waals surface area contributed by atoms with Crippen LogP contribution in [0.4, 0.5) is 25.8 Å². The molecule has 2 aliphatic heterocycles. The van der Waals surface area contributed by atoms with Gasteiger partial charge in [-0.15, -0.1) is 0 Å². The summed E-state index contributed by atoms with van der Waals surface area (Å²) in [5.74, 6) is -2.85. The average Bonchev–Trinajstić information content (AvgIpc) is 3.95. The molecule has 2 saturated heterocycles. The van der Waals surface area contributed by atoms with Gasteiger partial charge in [0.2, 0.25) is 5.92 Å². The van der Waals surface area contributed by atoms with Crippen LogP contribution in [0.5, 0.6) is 11.5 Å². The van der Waals surface area contributed by atoms with Crippen LogP contribution in [-0.4, -0.2) is 72.3 Å². The van der Waals surface area contributed by atoms with Crippen molar-refractivity contribution in [2.24, 2.45) is 11.3 Å². The number of nitro groups is 1. The molecular weight excluding hydrogens is 841 g/mol. The zero-order chi connectivity index (χ0) is 44.8. The summed E-state index contributed by atoms with van der Waals surface area (Å²) < 4.78 is 63.1. The molecule has 3 N–H and O–H groups in total. The number of aromatic nitrogens is 2. The van der Waals surface area contributed by atoms with E-state index in [0.29, 0.717) is 29.4 Å². The van der Waals surface area contributed by atoms with Crippen molar-refractivity contribution < 1.29 is 31.7 Å². The summed E-state index contributed by atoms with van der Waals surface area (Å²) in [6, 6.07) is 22.0. The van der Waals surface area contributed by atoms with Crippen molar-refractivity contribution in [3.05, 3.63) is 112 Å². The minimum Gasteiger partial charge on any atom is -0.455 e. The van der Waals surface area contributed by atoms with E-state index in [1.165, 1.54) is 55.1 Å². The fourth-order valence-corrected chi connectivity index (χ4v) is 11.6. The van der Waals surface area contributed by atoms with Gasteiger partial charge in [0.05, 0.1) is 21.6 Å². The van der Waals surface area contributed by atoms with Crippen LogP contribution in [-0.2, 0) is 10.0 Å². The number of carbonyl (C=O) groups excluding carboxylic acids is 1. The molecular formula is C48H55F2N7O6S. The van der Waals surface area contributed by atoms with E-state index in [4.69, 9.17) is 4.74 Å². The molecule has 1 amide bonds. The van der Waals surface area contributed by atoms with Crippen LogP contribution in [0.1, 0.15) is 112 Å². The number of pyridine rings is 1. The van der Waals surface area contributed by atoms with Crippen molar-refractivity contribution in [1.29, 1.82) is 0 Å². The molecule has 4 heterocycles. The monoisotopic (exact) mass is 895 g/mol. The fraction of sp³-hybridized carbons (Fsp3) is 0.458. The van der Waals surface area contributed by atoms with Crippen molar-refractivity contribution >= 4 is 44.0 Å². The topological polar surface area (TPSA) is 163 Å². The van der Waals surface area contributed by atoms with E-state index in [2.05, 4.69) is 67.9 Å². The van der Waals surface area contributed by atoms with Crippen LogP contribution in [0.2, 0.25) is 0 Å². The lowest BCUT2D eigenvalue weighted by molar-refractivity contribution is -0.384. The summed E-state index contributed by atoms with van der Waals surface area (Å²) in [6.07, 6.45) is 10.2. The van der Waals surface area contributed by atoms with Gasteiger partial charge in [-0.1, -0.05) is 38.1 Å². The van der Waals surface area contributed by atoms with Crippen molar-refractivity contribution in [2.45, 2.75) is 107 Å². The third-order valence-electron chi connectivity index (χ3n) is 14.2. The number of aromatic amines is 1. The van der Waals surface area contributed by atoms with E-state index in [0.717, 1.165) is 49.6 Å². The predicted octanol–water partition coefficient (Wildman–Crippen LogP) is 10.3. The lowest BCUT2D eigenvalue weighted by atomic mass is 9.59. The van der Waals surface area contributed by atoms with Gasteiger partial charge in [0.25, 0.3) is 21.6 Å². The molecule has 3 aromatic carbocycles. The number of hydrogen-bond donors (Lipinski definition) is 3. The van der Waals surface area contributed by atoms with Crippen molar-refractivity contribution in [1.82, 2.24) is 19.6 Å². The largest absolute Gasteiger partial charge is 0.455 e. The summed E-state index contributed by atoms with van der Waals surface area (Å²) in [5.41, 5.74) is 4.19. The maximum atomic E-state index is 13.9. The molecule has 4 fully saturated rings. The summed E-state index contributed by atoms with van der Waals surface area (Å²) in [5, 5.41) is 15.8. The number of H-pyrrole nitrogens is 1. The molecule has 2 saturated carbocycles. The Hall–Kier alpha value is -5.61. The molecule has 2 aromatic heterocycles. The third kappa shape index (κ3) is 9.03. The normalized spacial score (nSPS) is 20.4. The van der Waals surface area contributed by atoms with Crippen LogP contribution < -0.4 is 19.7 Å². The Labute approximate surface area is 372 Å². The number of rotatable bonds is 13. The molecule has 2 aliphatic carbocycles. The number of ether oxygens (including phenoxy) is 1. The number of benzene rings is 3. The molecule has 64 heavy (non-hydrogen) atoms. The number of piperidine rings is 1. The number of hydrogen-bond acceptors (Lipinski definition) is 10. The van der Waals surface area contributed by atoms with E-state index < -0.39 is 37.4 Å². The first-order chi connectivity index (χ1) is 30.7. The van der Waals surface area contributed by atoms with Gasteiger partial charge in [-0.25, -0.2) is 26.9 Å². The number of alkyl halides is 2. The molecule has 0 unspecified atom stereocenters. The molecule has 9 rings (SSSR count). The van der Waals surface area contributed by atoms with Crippen molar-refractivity contribution in [3.8, 4) is 11.5 Å². The second kappa shape index (κ2) is 17.4. The molecule has 0 bridgehead atoms. The fourth-order valence-electron chi connectivity index (χ4n) is 10.6. The number of sulfonamides is 1. The SMILES string of the molecule is CC(C)c1ccccc1[C@@H]1CCCN1C1CC2(CCN(c3ccc(C(=O)NS(=O)(=O)c4ccc(NCC5CCC(F)(F)CC5)c([N+](=O)[O-])c4)c(Oc4cnc5[nH]ccc5c4)c3)CC2)C1. The first kappa shape index (κ1) is 43.6. The lowest BCUT2D eigenvalue weighted by Gasteiger charge is -2.56. The summed E-state index contributed by atoms with van der Waals surface area (Å²) in [6.45, 7) is 7.56. The van der Waals surface area contributed by atoms with E-state index in [1.807, 2.05) is 6.07 Å². The molecule has 4 aliphatic rings. The maximum absolute atomic E-state index is 13.9. The minimum absolute atomic E-state index is 0.0520. The summed E-state index contributed by atoms with van der Waals surface area (Å²) in [7, 11) is -4.62. The van der Waals surface area contributed by atoms with Crippen LogP contribution in [0.15, 0.2) is 90.1 Å². The van der Waals surface area contributed by atoms with Crippen molar-refractivity contribution in [2.75, 3.05) is 36.4 Å². The molecule has 5 aromatic rings. The Balaban J connectivity index is 0.895. The zero-order valence-electron chi connectivity index (χ0n) is 36.2. The van der Waals surface area contributed by atoms with Gasteiger partial charge in [-0.05, 0) is 123 Å². The highest BCUT2D eigenvalue weighted by molar-refractivity contribution is 7.90. The second-order valence-electron chi connectivity index (χ2n) is 18.6. The number of fused-ring (bicyclic) bond motifs is 1. The van der Waals surface area contributed by atoms with Gasteiger partial charge >= 0.3 is 0 Å². The number of nitro benzene ring substituents is 1. The van der Waals surface area contributed by atoms with E-state index >= 15 is 0 Å². The lowest BCUT2D eigenvalue weighted by Crippen LogP contribution is -2.54. The standard InChI is InChI=1S/C48H55F2N7O6S/c1-31(2)38-6-3-4-7-39(38)42-8-5-21-56(42)35-27-47(28-35)18-22-55(23-19-47)34-9-11-40(44(25-34)63-36-24-33-15-20-51-45(33)53-30-36)46(58)54-64(61,62)37-10-12-41(43(26-37)57(59)60)52-29-32-13-16-48(49,50)17-14-32/h3-4,6-7,9-12,15,20,24-26,30-32,35,42,52H,5,8,13-14,16-19,21-23,27-29H2,1-2H3,(H,51,53)(H,54,58)/t42-/m0/s1. The molecule has 1 atom stereocenters. The van der Waals surface area contributed by atoms with Crippen LogP contribution in [0.3, 0.4) is 0 Å². The van der Waals surface area contributed by atoms with Gasteiger partial charge in [0.1, 0.15) is 22.8 Å². The zero-order valence-corrected chi connectivity index (χ0v) is 37.0. The molecule has 1 spiro atoms. The van der Waals surface area contributed by atoms with Crippen molar-refractivity contribution in [3.63, 3.8) is 0 Å². The van der Waals surface area contributed by atoms with Gasteiger partial charge in [-0.2, -0.15) is 0 Å². The van der Waals surface area contributed by atoms with Gasteiger partial charge in [-0.3, -0.25) is 19.8 Å². The number of nitrogens with one attached hydrogen (secondary N) is 3. The molecule has 16 heteroatoms. The number of amides is 1. The Kier molecular flexibility index (Phi) is 11.9. The molecule has 13 nitrogen and oxygen atoms in total. The molecule has 338 valence electrons. The Morgan fingerprint density at radius 1 is 0.984 bits per heavy atom. The number of likely N-dealkylation sites (tertiary alicyclic amines) is 1. The third-order valence-corrected chi connectivity index (χ3v) is 15.5. The Bertz CT molecular complexity index is 2650. The second-order valence-corrected chi connectivity index (χ2v) is 20.3. The number of halogens is 2. The van der Waals surface area contributed by atoms with Crippen LogP contribution in [0, 0.1) is 21.4 Å². The average molecular weight is 896 g/mol. The van der Waals surface area contributed by atoms with Gasteiger partial charge in [0.15, 0.2) is 0 Å². The number of carbonyl (C=O) groups is 1. The predicted molar refractivity (Wildman–Crippen MR) is 242 cm³/mol. The van der Waals surface area contributed by atoms with E-state index in [-0.39, 0.29) is 60.6 Å². The highest BCUT2D eigenvalue weighted by Gasteiger charge is 2.50. The highest BCUT2D eigenvalue weighted by Crippen LogP contribution is 2.54. The summed E-state index contributed by atoms with van der Waals surface area (Å²) >= 11 is 0. The minimum atomic E-state index is -4.62. The van der Waals surface area contributed by atoms with Crippen LogP contribution >= 0.6 is 0 Å².